The Bertz CT molecular complexity index is 1570. The van der Waals surface area contributed by atoms with Crippen LogP contribution in [0.3, 0.4) is 0 Å². The Labute approximate surface area is 252 Å². The first-order valence-electron chi connectivity index (χ1n) is 14.9. The van der Waals surface area contributed by atoms with Gasteiger partial charge in [-0.25, -0.2) is 13.4 Å². The molecule has 3 aromatic heterocycles. The number of fused-ring (bicyclic) bond motifs is 1. The van der Waals surface area contributed by atoms with Crippen molar-refractivity contribution in [1.29, 1.82) is 0 Å². The first-order chi connectivity index (χ1) is 20.4. The van der Waals surface area contributed by atoms with Crippen LogP contribution >= 0.6 is 11.3 Å². The standard InChI is InChI=1S/C31H40N6O3S2/c1-3-5-6-7-8-9-18-35-19-20-37(42(39,40)29-11-10-21-41-29)28(23-35)31(38)33-25-12-13-27-26(22-25)34-30(36(27)4-2)24-14-16-32-17-15-24/h10-17,21-22,28H,3-9,18-20,23H2,1-2H3,(H,33,38)/t28-/m0/s1. The van der Waals surface area contributed by atoms with E-state index in [2.05, 4.69) is 33.6 Å². The Kier molecular flexibility index (Phi) is 10.0. The van der Waals surface area contributed by atoms with Gasteiger partial charge in [0.05, 0.1) is 11.0 Å². The third-order valence-electron chi connectivity index (χ3n) is 7.87. The minimum atomic E-state index is -3.79. The number of aryl methyl sites for hydroxylation is 1. The first-order valence-corrected chi connectivity index (χ1v) is 17.2. The molecule has 1 fully saturated rings. The van der Waals surface area contributed by atoms with Gasteiger partial charge in [-0.3, -0.25) is 14.7 Å². The Balaban J connectivity index is 1.35. The van der Waals surface area contributed by atoms with Gasteiger partial charge in [0.15, 0.2) is 0 Å². The molecule has 0 radical (unpaired) electrons. The highest BCUT2D eigenvalue weighted by atomic mass is 32.2. The van der Waals surface area contributed by atoms with E-state index in [9.17, 15) is 13.2 Å². The third kappa shape index (κ3) is 6.75. The second-order valence-corrected chi connectivity index (χ2v) is 13.8. The number of piperazine rings is 1. The van der Waals surface area contributed by atoms with Gasteiger partial charge < -0.3 is 9.88 Å². The number of rotatable bonds is 13. The first kappa shape index (κ1) is 30.3. The van der Waals surface area contributed by atoms with E-state index in [1.165, 1.54) is 41.3 Å². The van der Waals surface area contributed by atoms with E-state index in [1.807, 2.05) is 30.3 Å². The van der Waals surface area contributed by atoms with Crippen molar-refractivity contribution in [3.8, 4) is 11.4 Å². The maximum absolute atomic E-state index is 13.8. The van der Waals surface area contributed by atoms with Crippen molar-refractivity contribution in [3.05, 3.63) is 60.2 Å². The molecule has 224 valence electrons. The number of anilines is 1. The molecule has 4 aromatic rings. The molecule has 4 heterocycles. The molecule has 0 saturated carbocycles. The normalized spacial score (nSPS) is 16.7. The third-order valence-corrected chi connectivity index (χ3v) is 11.2. The molecular formula is C31H40N6O3S2. The van der Waals surface area contributed by atoms with E-state index < -0.39 is 16.1 Å². The summed E-state index contributed by atoms with van der Waals surface area (Å²) >= 11 is 1.18. The Morgan fingerprint density at radius 1 is 1.02 bits per heavy atom. The van der Waals surface area contributed by atoms with Gasteiger partial charge in [-0.1, -0.05) is 45.1 Å². The molecule has 9 nitrogen and oxygen atoms in total. The minimum absolute atomic E-state index is 0.264. The predicted molar refractivity (Wildman–Crippen MR) is 169 cm³/mol. The lowest BCUT2D eigenvalue weighted by molar-refractivity contribution is -0.121. The zero-order valence-electron chi connectivity index (χ0n) is 24.4. The molecule has 0 spiro atoms. The topological polar surface area (TPSA) is 100 Å². The fourth-order valence-corrected chi connectivity index (χ4v) is 8.33. The van der Waals surface area contributed by atoms with Gasteiger partial charge in [0.2, 0.25) is 5.91 Å². The predicted octanol–water partition coefficient (Wildman–Crippen LogP) is 5.85. The molecule has 1 saturated heterocycles. The van der Waals surface area contributed by atoms with Crippen LogP contribution in [-0.4, -0.2) is 70.3 Å². The summed E-state index contributed by atoms with van der Waals surface area (Å²) in [6, 6.07) is 12.0. The number of sulfonamides is 1. The Hall–Kier alpha value is -3.12. The monoisotopic (exact) mass is 608 g/mol. The highest BCUT2D eigenvalue weighted by Crippen LogP contribution is 2.29. The lowest BCUT2D eigenvalue weighted by Crippen LogP contribution is -2.59. The summed E-state index contributed by atoms with van der Waals surface area (Å²) in [6.45, 7) is 7.15. The molecular weight excluding hydrogens is 569 g/mol. The molecule has 5 rings (SSSR count). The van der Waals surface area contributed by atoms with Gasteiger partial charge in [0, 0.05) is 49.8 Å². The Morgan fingerprint density at radius 2 is 1.81 bits per heavy atom. The lowest BCUT2D eigenvalue weighted by Gasteiger charge is -2.39. The average molecular weight is 609 g/mol. The summed E-state index contributed by atoms with van der Waals surface area (Å²) in [5, 5.41) is 4.77. The second kappa shape index (κ2) is 13.9. The van der Waals surface area contributed by atoms with E-state index in [0.717, 1.165) is 48.4 Å². The largest absolute Gasteiger partial charge is 0.325 e. The zero-order chi connectivity index (χ0) is 29.5. The number of amides is 1. The number of hydrogen-bond acceptors (Lipinski definition) is 7. The zero-order valence-corrected chi connectivity index (χ0v) is 26.0. The molecule has 11 heteroatoms. The minimum Gasteiger partial charge on any atom is -0.325 e. The lowest BCUT2D eigenvalue weighted by atomic mass is 10.1. The van der Waals surface area contributed by atoms with Crippen LogP contribution in [0.25, 0.3) is 22.4 Å². The molecule has 1 aliphatic heterocycles. The molecule has 42 heavy (non-hydrogen) atoms. The smallest absolute Gasteiger partial charge is 0.253 e. The second-order valence-electron chi connectivity index (χ2n) is 10.7. The van der Waals surface area contributed by atoms with E-state index in [-0.39, 0.29) is 16.7 Å². The molecule has 0 unspecified atom stereocenters. The summed E-state index contributed by atoms with van der Waals surface area (Å²) in [6.07, 6.45) is 10.6. The van der Waals surface area contributed by atoms with Crippen LogP contribution in [-0.2, 0) is 21.4 Å². The number of imidazole rings is 1. The van der Waals surface area contributed by atoms with Crippen molar-refractivity contribution < 1.29 is 13.2 Å². The number of pyridine rings is 1. The summed E-state index contributed by atoms with van der Waals surface area (Å²) in [5.74, 6) is 0.510. The van der Waals surface area contributed by atoms with Crippen LogP contribution in [0.4, 0.5) is 5.69 Å². The number of carbonyl (C=O) groups is 1. The number of hydrogen-bond donors (Lipinski definition) is 1. The van der Waals surface area contributed by atoms with Gasteiger partial charge in [0.1, 0.15) is 16.1 Å². The number of aromatic nitrogens is 3. The van der Waals surface area contributed by atoms with Crippen LogP contribution in [0.15, 0.2) is 64.4 Å². The van der Waals surface area contributed by atoms with Crippen LogP contribution in [0.1, 0.15) is 52.4 Å². The van der Waals surface area contributed by atoms with Crippen LogP contribution in [0.2, 0.25) is 0 Å². The number of thiophene rings is 1. The van der Waals surface area contributed by atoms with Gasteiger partial charge in [-0.15, -0.1) is 11.3 Å². The number of carbonyl (C=O) groups excluding carboxylic acids is 1. The summed E-state index contributed by atoms with van der Waals surface area (Å²) in [5.41, 5.74) is 3.29. The molecule has 1 atom stereocenters. The van der Waals surface area contributed by atoms with Crippen molar-refractivity contribution >= 4 is 44.0 Å². The number of nitrogens with zero attached hydrogens (tertiary/aromatic N) is 5. The highest BCUT2D eigenvalue weighted by molar-refractivity contribution is 7.91. The van der Waals surface area contributed by atoms with Crippen LogP contribution < -0.4 is 5.32 Å². The summed E-state index contributed by atoms with van der Waals surface area (Å²) < 4.78 is 31.0. The fourth-order valence-electron chi connectivity index (χ4n) is 5.64. The summed E-state index contributed by atoms with van der Waals surface area (Å²) in [4.78, 5) is 25.0. The average Bonchev–Trinajstić information content (AvgIpc) is 3.68. The SMILES string of the molecule is CCCCCCCCN1CCN(S(=O)(=O)c2cccs2)[C@H](C(=O)Nc2ccc3c(c2)nc(-c2ccncc2)n3CC)C1. The highest BCUT2D eigenvalue weighted by Gasteiger charge is 2.40. The van der Waals surface area contributed by atoms with Crippen molar-refractivity contribution in [3.63, 3.8) is 0 Å². The molecule has 0 bridgehead atoms. The fraction of sp³-hybridized carbons (Fsp3) is 0.452. The van der Waals surface area contributed by atoms with Gasteiger partial charge >= 0.3 is 0 Å². The number of benzene rings is 1. The van der Waals surface area contributed by atoms with E-state index >= 15 is 0 Å². The number of nitrogens with one attached hydrogen (secondary N) is 1. The number of unbranched alkanes of at least 4 members (excludes halogenated alkanes) is 5. The van der Waals surface area contributed by atoms with Crippen molar-refractivity contribution in [2.75, 3.05) is 31.5 Å². The van der Waals surface area contributed by atoms with Crippen LogP contribution in [0.5, 0.6) is 0 Å². The maximum atomic E-state index is 13.8. The quantitative estimate of drug-likeness (QED) is 0.191. The summed E-state index contributed by atoms with van der Waals surface area (Å²) in [7, 11) is -3.79. The van der Waals surface area contributed by atoms with E-state index in [1.54, 1.807) is 29.9 Å². The van der Waals surface area contributed by atoms with Crippen molar-refractivity contribution in [2.24, 2.45) is 0 Å². The van der Waals surface area contributed by atoms with Crippen molar-refractivity contribution in [1.82, 2.24) is 23.7 Å². The molecule has 0 aliphatic carbocycles. The van der Waals surface area contributed by atoms with Crippen LogP contribution in [0, 0.1) is 0 Å². The molecule has 1 amide bonds. The van der Waals surface area contributed by atoms with E-state index in [4.69, 9.17) is 4.98 Å². The van der Waals surface area contributed by atoms with Gasteiger partial charge in [0.25, 0.3) is 10.0 Å². The molecule has 1 N–H and O–H groups in total. The van der Waals surface area contributed by atoms with Crippen molar-refractivity contribution in [2.45, 2.75) is 69.2 Å². The molecule has 1 aliphatic rings. The van der Waals surface area contributed by atoms with Gasteiger partial charge in [-0.2, -0.15) is 4.31 Å². The maximum Gasteiger partial charge on any atom is 0.253 e. The van der Waals surface area contributed by atoms with E-state index in [0.29, 0.717) is 18.8 Å². The molecule has 1 aromatic carbocycles. The Morgan fingerprint density at radius 3 is 2.55 bits per heavy atom. The van der Waals surface area contributed by atoms with Gasteiger partial charge in [-0.05, 0) is 61.7 Å².